The molecule has 0 spiro atoms. The normalized spacial score (nSPS) is 17.4. The van der Waals surface area contributed by atoms with Gasteiger partial charge in [-0.05, 0) is 31.5 Å². The van der Waals surface area contributed by atoms with Crippen molar-refractivity contribution in [1.82, 2.24) is 19.9 Å². The summed E-state index contributed by atoms with van der Waals surface area (Å²) in [6.07, 6.45) is 1.83. The van der Waals surface area contributed by atoms with Crippen LogP contribution in [-0.4, -0.2) is 78.2 Å². The molecular weight excluding hydrogens is 412 g/mol. The van der Waals surface area contributed by atoms with Crippen LogP contribution >= 0.6 is 11.3 Å². The van der Waals surface area contributed by atoms with Gasteiger partial charge in [0.25, 0.3) is 5.91 Å². The monoisotopic (exact) mass is 438 g/mol. The average Bonchev–Trinajstić information content (AvgIpc) is 3.15. The molecule has 2 fully saturated rings. The van der Waals surface area contributed by atoms with Gasteiger partial charge in [-0.25, -0.2) is 15.0 Å². The molecule has 162 valence electrons. The minimum atomic E-state index is 0.0763. The van der Waals surface area contributed by atoms with Gasteiger partial charge in [0.05, 0.1) is 23.5 Å². The van der Waals surface area contributed by atoms with Crippen molar-refractivity contribution in [2.75, 3.05) is 62.3 Å². The van der Waals surface area contributed by atoms with Crippen molar-refractivity contribution in [2.45, 2.75) is 13.8 Å². The van der Waals surface area contributed by atoms with Gasteiger partial charge >= 0.3 is 0 Å². The maximum atomic E-state index is 13.2. The Hall–Kier alpha value is -2.78. The van der Waals surface area contributed by atoms with E-state index in [0.29, 0.717) is 26.3 Å². The third-order valence-corrected chi connectivity index (χ3v) is 7.10. The summed E-state index contributed by atoms with van der Waals surface area (Å²) in [6.45, 7) is 9.88. The number of amides is 1. The van der Waals surface area contributed by atoms with Crippen LogP contribution in [0.4, 0.5) is 11.6 Å². The fourth-order valence-corrected chi connectivity index (χ4v) is 5.44. The maximum absolute atomic E-state index is 13.2. The van der Waals surface area contributed by atoms with Crippen LogP contribution in [0.15, 0.2) is 24.4 Å². The van der Waals surface area contributed by atoms with Crippen LogP contribution in [-0.2, 0) is 4.74 Å². The van der Waals surface area contributed by atoms with Crippen LogP contribution in [0.1, 0.15) is 21.1 Å². The van der Waals surface area contributed by atoms with Crippen LogP contribution in [0.5, 0.6) is 0 Å². The molecule has 0 radical (unpaired) electrons. The minimum Gasteiger partial charge on any atom is -0.378 e. The van der Waals surface area contributed by atoms with Crippen molar-refractivity contribution in [3.63, 3.8) is 0 Å². The summed E-state index contributed by atoms with van der Waals surface area (Å²) in [4.78, 5) is 35.3. The summed E-state index contributed by atoms with van der Waals surface area (Å²) in [5, 5.41) is 1.01. The van der Waals surface area contributed by atoms with E-state index in [0.717, 1.165) is 64.3 Å². The predicted octanol–water partition coefficient (Wildman–Crippen LogP) is 2.50. The standard InChI is InChI=1S/C22H26N6O2S/c1-15-18-20(27-9-7-26(8-10-27)17-5-3-4-6-23-17)24-16(2)25-21(18)31-19(15)22(29)28-11-13-30-14-12-28/h3-6H,7-14H2,1-2H3. The molecular formula is C22H26N6O2S. The van der Waals surface area contributed by atoms with Gasteiger partial charge in [0.15, 0.2) is 0 Å². The number of morpholine rings is 1. The van der Waals surface area contributed by atoms with Crippen molar-refractivity contribution >= 4 is 39.1 Å². The lowest BCUT2D eigenvalue weighted by molar-refractivity contribution is 0.0306. The first-order valence-electron chi connectivity index (χ1n) is 10.7. The highest BCUT2D eigenvalue weighted by Crippen LogP contribution is 2.36. The van der Waals surface area contributed by atoms with Crippen molar-refractivity contribution < 1.29 is 9.53 Å². The van der Waals surface area contributed by atoms with Crippen LogP contribution in [0.25, 0.3) is 10.2 Å². The van der Waals surface area contributed by atoms with E-state index in [-0.39, 0.29) is 5.91 Å². The number of pyridine rings is 1. The van der Waals surface area contributed by atoms with E-state index in [1.165, 1.54) is 11.3 Å². The summed E-state index contributed by atoms with van der Waals surface area (Å²) in [5.41, 5.74) is 0.985. The molecule has 0 bridgehead atoms. The summed E-state index contributed by atoms with van der Waals surface area (Å²) >= 11 is 1.49. The molecule has 8 nitrogen and oxygen atoms in total. The highest BCUT2D eigenvalue weighted by Gasteiger charge is 2.28. The van der Waals surface area contributed by atoms with E-state index < -0.39 is 0 Å². The molecule has 0 unspecified atom stereocenters. The Morgan fingerprint density at radius 1 is 1.00 bits per heavy atom. The average molecular weight is 439 g/mol. The third-order valence-electron chi connectivity index (χ3n) is 5.93. The van der Waals surface area contributed by atoms with E-state index in [1.807, 2.05) is 37.1 Å². The number of fused-ring (bicyclic) bond motifs is 1. The SMILES string of the molecule is Cc1nc(N2CCN(c3ccccn3)CC2)c2c(C)c(C(=O)N3CCOCC3)sc2n1. The van der Waals surface area contributed by atoms with Crippen molar-refractivity contribution in [3.8, 4) is 0 Å². The fraction of sp³-hybridized carbons (Fsp3) is 0.455. The highest BCUT2D eigenvalue weighted by atomic mass is 32.1. The van der Waals surface area contributed by atoms with Gasteiger partial charge in [-0.3, -0.25) is 4.79 Å². The molecule has 9 heteroatoms. The molecule has 0 N–H and O–H groups in total. The molecule has 3 aromatic heterocycles. The van der Waals surface area contributed by atoms with Crippen LogP contribution in [0.2, 0.25) is 0 Å². The number of hydrogen-bond donors (Lipinski definition) is 0. The quantitative estimate of drug-likeness (QED) is 0.622. The Kier molecular flexibility index (Phi) is 5.45. The number of ether oxygens (including phenoxy) is 1. The number of carbonyl (C=O) groups excluding carboxylic acids is 1. The summed E-state index contributed by atoms with van der Waals surface area (Å²) in [7, 11) is 0. The van der Waals surface area contributed by atoms with Gasteiger partial charge in [-0.1, -0.05) is 6.07 Å². The third kappa shape index (κ3) is 3.83. The Morgan fingerprint density at radius 3 is 2.45 bits per heavy atom. The predicted molar refractivity (Wildman–Crippen MR) is 122 cm³/mol. The molecule has 0 atom stereocenters. The van der Waals surface area contributed by atoms with Crippen molar-refractivity contribution in [1.29, 1.82) is 0 Å². The second-order valence-electron chi connectivity index (χ2n) is 7.90. The Labute approximate surface area is 185 Å². The largest absolute Gasteiger partial charge is 0.378 e. The number of carbonyl (C=O) groups is 1. The zero-order valence-corrected chi connectivity index (χ0v) is 18.7. The van der Waals surface area contributed by atoms with Gasteiger partial charge in [0.2, 0.25) is 0 Å². The maximum Gasteiger partial charge on any atom is 0.264 e. The smallest absolute Gasteiger partial charge is 0.264 e. The van der Waals surface area contributed by atoms with Crippen LogP contribution < -0.4 is 9.80 Å². The summed E-state index contributed by atoms with van der Waals surface area (Å²) < 4.78 is 5.40. The number of anilines is 2. The second kappa shape index (κ2) is 8.39. The molecule has 2 aliphatic heterocycles. The number of thiophene rings is 1. The first-order valence-corrected chi connectivity index (χ1v) is 11.5. The van der Waals surface area contributed by atoms with Crippen molar-refractivity contribution in [3.05, 3.63) is 40.7 Å². The molecule has 1 amide bonds. The number of hydrogen-bond acceptors (Lipinski definition) is 8. The van der Waals surface area contributed by atoms with Crippen molar-refractivity contribution in [2.24, 2.45) is 0 Å². The number of rotatable bonds is 3. The first-order chi connectivity index (χ1) is 15.1. The van der Waals surface area contributed by atoms with E-state index in [4.69, 9.17) is 9.72 Å². The minimum absolute atomic E-state index is 0.0763. The Morgan fingerprint density at radius 2 is 1.74 bits per heavy atom. The Bertz CT molecular complexity index is 1090. The lowest BCUT2D eigenvalue weighted by atomic mass is 10.1. The van der Waals surface area contributed by atoms with E-state index in [1.54, 1.807) is 0 Å². The van der Waals surface area contributed by atoms with Gasteiger partial charge in [0, 0.05) is 45.5 Å². The highest BCUT2D eigenvalue weighted by molar-refractivity contribution is 7.20. The van der Waals surface area contributed by atoms with Gasteiger partial charge < -0.3 is 19.4 Å². The van der Waals surface area contributed by atoms with Gasteiger partial charge in [0.1, 0.15) is 22.3 Å². The molecule has 3 aromatic rings. The van der Waals surface area contributed by atoms with E-state index >= 15 is 0 Å². The van der Waals surface area contributed by atoms with E-state index in [2.05, 4.69) is 25.8 Å². The zero-order chi connectivity index (χ0) is 21.4. The molecule has 2 aliphatic rings. The Balaban J connectivity index is 1.44. The van der Waals surface area contributed by atoms with Gasteiger partial charge in [-0.2, -0.15) is 0 Å². The number of aryl methyl sites for hydroxylation is 2. The number of aromatic nitrogens is 3. The number of piperazine rings is 1. The lowest BCUT2D eigenvalue weighted by Gasteiger charge is -2.36. The fourth-order valence-electron chi connectivity index (χ4n) is 4.25. The molecule has 31 heavy (non-hydrogen) atoms. The molecule has 2 saturated heterocycles. The first kappa shape index (κ1) is 20.1. The molecule has 0 saturated carbocycles. The van der Waals surface area contributed by atoms with E-state index in [9.17, 15) is 4.79 Å². The lowest BCUT2D eigenvalue weighted by Crippen LogP contribution is -2.47. The van der Waals surface area contributed by atoms with Crippen LogP contribution in [0, 0.1) is 13.8 Å². The summed E-state index contributed by atoms with van der Waals surface area (Å²) in [6, 6.07) is 6.01. The van der Waals surface area contributed by atoms with Gasteiger partial charge in [-0.15, -0.1) is 11.3 Å². The molecule has 5 rings (SSSR count). The zero-order valence-electron chi connectivity index (χ0n) is 17.9. The molecule has 0 aliphatic carbocycles. The van der Waals surface area contributed by atoms with Crippen LogP contribution in [0.3, 0.4) is 0 Å². The topological polar surface area (TPSA) is 74.7 Å². The second-order valence-corrected chi connectivity index (χ2v) is 8.90. The number of nitrogens with zero attached hydrogens (tertiary/aromatic N) is 6. The molecule has 5 heterocycles. The summed E-state index contributed by atoms with van der Waals surface area (Å²) in [5.74, 6) is 2.77. The molecule has 0 aromatic carbocycles.